The van der Waals surface area contributed by atoms with Gasteiger partial charge in [-0.3, -0.25) is 33.6 Å². The van der Waals surface area contributed by atoms with Gasteiger partial charge in [0.1, 0.15) is 24.2 Å². The summed E-state index contributed by atoms with van der Waals surface area (Å²) >= 11 is 0. The number of carboxylic acid groups (broad SMARTS) is 1. The smallest absolute Gasteiger partial charge is 0.305 e. The quantitative estimate of drug-likeness (QED) is 0.0916. The molecule has 324 valence electrons. The average Bonchev–Trinajstić information content (AvgIpc) is 3.29. The normalized spacial score (nSPS) is 18.8. The first-order valence-electron chi connectivity index (χ1n) is 20.8. The summed E-state index contributed by atoms with van der Waals surface area (Å²) in [7, 11) is 0. The number of carboxylic acids is 1. The lowest BCUT2D eigenvalue weighted by Crippen LogP contribution is -2.58. The number of fused-ring (bicyclic) bond motifs is 17. The molecule has 0 saturated carbocycles. The molecule has 1 unspecified atom stereocenters. The minimum absolute atomic E-state index is 0.00687. The van der Waals surface area contributed by atoms with Gasteiger partial charge in [-0.1, -0.05) is 127 Å². The van der Waals surface area contributed by atoms with Gasteiger partial charge in [-0.2, -0.15) is 0 Å². The lowest BCUT2D eigenvalue weighted by Gasteiger charge is -2.27. The molecule has 2 bridgehead atoms. The first-order chi connectivity index (χ1) is 30.5. The van der Waals surface area contributed by atoms with Crippen LogP contribution in [-0.2, 0) is 48.0 Å². The second kappa shape index (κ2) is 22.3. The van der Waals surface area contributed by atoms with Crippen LogP contribution >= 0.6 is 0 Å². The lowest BCUT2D eigenvalue weighted by atomic mass is 9.98. The number of carbonyl (C=O) groups excluding carboxylic acids is 6. The van der Waals surface area contributed by atoms with Crippen LogP contribution in [0.3, 0.4) is 0 Å². The Hall–Kier alpha value is -7.61. The van der Waals surface area contributed by atoms with E-state index in [-0.39, 0.29) is 56.3 Å². The molecule has 0 spiro atoms. The molecule has 5 aromatic carbocycles. The molecule has 4 atom stereocenters. The van der Waals surface area contributed by atoms with Crippen molar-refractivity contribution < 1.29 is 38.7 Å². The van der Waals surface area contributed by atoms with Crippen molar-refractivity contribution in [2.24, 2.45) is 0 Å². The molecule has 14 nitrogen and oxygen atoms in total. The van der Waals surface area contributed by atoms with Gasteiger partial charge in [0, 0.05) is 37.9 Å². The zero-order valence-electron chi connectivity index (χ0n) is 34.6. The van der Waals surface area contributed by atoms with E-state index in [0.29, 0.717) is 17.5 Å². The molecular formula is C49H50N6O8. The Balaban J connectivity index is 1.36. The summed E-state index contributed by atoms with van der Waals surface area (Å²) in [6.45, 7) is -0.282. The highest BCUT2D eigenvalue weighted by Gasteiger charge is 2.33. The lowest BCUT2D eigenvalue weighted by molar-refractivity contribution is -0.137. The number of aryl methyl sites for hydroxylation is 1. The van der Waals surface area contributed by atoms with Crippen molar-refractivity contribution >= 4 is 41.4 Å². The number of amides is 6. The highest BCUT2D eigenvalue weighted by molar-refractivity contribution is 5.97. The summed E-state index contributed by atoms with van der Waals surface area (Å²) in [6, 6.07) is 36.6. The highest BCUT2D eigenvalue weighted by atomic mass is 16.4. The Labute approximate surface area is 365 Å². The standard InChI is InChI=1S/C49H50N6O8/c56-42-26-28-50-45(59)38-23-21-37(22-24-38)44(49(63)51-29-27-43(57)58)55-48(62)41(30-33-12-6-2-7-13-33)54-47(61)40(31-34-16-19-36(20-17-34)35-14-8-3-9-15-35)53-46(60)39(52-42)25-18-32-10-4-1-5-11-32/h1-17,19-24,39-41,44H,18,25-31H2,(H,50,59)(H,51,63)(H,52,56)(H,53,60)(H,54,61)(H,55,62)(H,57,58)/t39-,40+,41-,44?/m1/s1. The van der Waals surface area contributed by atoms with Gasteiger partial charge in [-0.05, 0) is 58.4 Å². The number of aliphatic carboxylic acids is 1. The van der Waals surface area contributed by atoms with Crippen molar-refractivity contribution in [1.29, 1.82) is 0 Å². The van der Waals surface area contributed by atoms with Crippen molar-refractivity contribution in [3.8, 4) is 11.1 Å². The van der Waals surface area contributed by atoms with Gasteiger partial charge in [-0.25, -0.2) is 0 Å². The van der Waals surface area contributed by atoms with Crippen LogP contribution in [0.5, 0.6) is 0 Å². The Morgan fingerprint density at radius 3 is 1.67 bits per heavy atom. The van der Waals surface area contributed by atoms with Crippen molar-refractivity contribution in [1.82, 2.24) is 31.9 Å². The Morgan fingerprint density at radius 2 is 1.06 bits per heavy atom. The molecule has 0 radical (unpaired) electrons. The van der Waals surface area contributed by atoms with Gasteiger partial charge >= 0.3 is 5.97 Å². The molecule has 5 aromatic rings. The van der Waals surface area contributed by atoms with Gasteiger partial charge in [0.15, 0.2) is 0 Å². The number of benzene rings is 5. The van der Waals surface area contributed by atoms with Crippen LogP contribution in [0.4, 0.5) is 0 Å². The Morgan fingerprint density at radius 1 is 0.556 bits per heavy atom. The average molecular weight is 851 g/mol. The molecule has 0 aliphatic carbocycles. The molecular weight excluding hydrogens is 801 g/mol. The summed E-state index contributed by atoms with van der Waals surface area (Å²) in [5, 5.41) is 25.7. The van der Waals surface area contributed by atoms with E-state index >= 15 is 0 Å². The molecule has 0 saturated heterocycles. The minimum atomic E-state index is -1.36. The van der Waals surface area contributed by atoms with Crippen LogP contribution in [0.2, 0.25) is 0 Å². The molecule has 14 heteroatoms. The van der Waals surface area contributed by atoms with E-state index in [1.165, 1.54) is 24.3 Å². The first kappa shape index (κ1) is 44.9. The Bertz CT molecular complexity index is 2360. The van der Waals surface area contributed by atoms with Crippen LogP contribution in [-0.4, -0.2) is 77.7 Å². The van der Waals surface area contributed by atoms with Crippen LogP contribution in [0.1, 0.15) is 57.9 Å². The van der Waals surface area contributed by atoms with E-state index in [0.717, 1.165) is 16.7 Å². The number of hydrogen-bond acceptors (Lipinski definition) is 7. The maximum Gasteiger partial charge on any atom is 0.305 e. The predicted octanol–water partition coefficient (Wildman–Crippen LogP) is 3.81. The summed E-state index contributed by atoms with van der Waals surface area (Å²) in [5.74, 6) is -4.91. The molecule has 0 fully saturated rings. The van der Waals surface area contributed by atoms with Gasteiger partial charge < -0.3 is 37.0 Å². The Kier molecular flexibility index (Phi) is 15.9. The number of carbonyl (C=O) groups is 7. The first-order valence-corrected chi connectivity index (χ1v) is 20.8. The monoisotopic (exact) mass is 850 g/mol. The van der Waals surface area contributed by atoms with Crippen LogP contribution in [0.25, 0.3) is 11.1 Å². The second-order valence-electron chi connectivity index (χ2n) is 15.2. The zero-order chi connectivity index (χ0) is 44.6. The molecule has 2 aliphatic heterocycles. The summed E-state index contributed by atoms with van der Waals surface area (Å²) in [6.07, 6.45) is 0.100. The van der Waals surface area contributed by atoms with Crippen molar-refractivity contribution in [3.63, 3.8) is 0 Å². The van der Waals surface area contributed by atoms with Crippen molar-refractivity contribution in [2.45, 2.75) is 62.7 Å². The fraction of sp³-hybridized carbons (Fsp3) is 0.245. The molecule has 63 heavy (non-hydrogen) atoms. The SMILES string of the molecule is O=C(O)CCNC(=O)C1NC(=O)[C@@H](Cc2ccccc2)NC(=O)[C@H](Cc2ccc(-c3ccccc3)cc2)NC(=O)[C@@H](CCc2ccccc2)NC(=O)CCNC(=O)c2ccc1cc2. The van der Waals surface area contributed by atoms with Gasteiger partial charge in [0.25, 0.3) is 5.91 Å². The van der Waals surface area contributed by atoms with Crippen molar-refractivity contribution in [2.75, 3.05) is 13.1 Å². The highest BCUT2D eigenvalue weighted by Crippen LogP contribution is 2.21. The van der Waals surface area contributed by atoms with Gasteiger partial charge in [0.05, 0.1) is 6.42 Å². The summed E-state index contributed by atoms with van der Waals surface area (Å²) in [5.41, 5.74) is 4.74. The largest absolute Gasteiger partial charge is 0.481 e. The predicted molar refractivity (Wildman–Crippen MR) is 236 cm³/mol. The van der Waals surface area contributed by atoms with Gasteiger partial charge in [-0.15, -0.1) is 0 Å². The topological polar surface area (TPSA) is 212 Å². The molecule has 2 aliphatic rings. The summed E-state index contributed by atoms with van der Waals surface area (Å²) < 4.78 is 0. The van der Waals surface area contributed by atoms with Gasteiger partial charge in [0.2, 0.25) is 29.5 Å². The fourth-order valence-corrected chi connectivity index (χ4v) is 7.16. The third-order valence-electron chi connectivity index (χ3n) is 10.6. The third kappa shape index (κ3) is 13.4. The third-order valence-corrected chi connectivity index (χ3v) is 10.6. The van der Waals surface area contributed by atoms with Crippen LogP contribution < -0.4 is 31.9 Å². The fourth-order valence-electron chi connectivity index (χ4n) is 7.16. The molecule has 0 aromatic heterocycles. The van der Waals surface area contributed by atoms with E-state index in [9.17, 15) is 38.7 Å². The maximum atomic E-state index is 14.6. The molecule has 7 rings (SSSR count). The van der Waals surface area contributed by atoms with Crippen LogP contribution in [0.15, 0.2) is 140 Å². The van der Waals surface area contributed by atoms with E-state index in [2.05, 4.69) is 31.9 Å². The molecule has 6 amide bonds. The number of rotatable bonds is 12. The molecule has 7 N–H and O–H groups in total. The molecule has 2 heterocycles. The van der Waals surface area contributed by atoms with Crippen LogP contribution in [0, 0.1) is 0 Å². The summed E-state index contributed by atoms with van der Waals surface area (Å²) in [4.78, 5) is 94.7. The number of hydrogen-bond donors (Lipinski definition) is 7. The minimum Gasteiger partial charge on any atom is -0.481 e. The van der Waals surface area contributed by atoms with Crippen molar-refractivity contribution in [3.05, 3.63) is 167 Å². The van der Waals surface area contributed by atoms with E-state index < -0.39 is 65.6 Å². The zero-order valence-corrected chi connectivity index (χ0v) is 34.6. The number of nitrogens with one attached hydrogen (secondary N) is 6. The second-order valence-corrected chi connectivity index (χ2v) is 15.2. The maximum absolute atomic E-state index is 14.6. The van der Waals surface area contributed by atoms with E-state index in [1.807, 2.05) is 84.9 Å². The van der Waals surface area contributed by atoms with E-state index in [4.69, 9.17) is 0 Å². The van der Waals surface area contributed by atoms with E-state index in [1.54, 1.807) is 30.3 Å².